The van der Waals surface area contributed by atoms with Crippen molar-refractivity contribution in [2.45, 2.75) is 12.3 Å². The Morgan fingerprint density at radius 3 is 2.26 bits per heavy atom. The maximum Gasteiger partial charge on any atom is 0.482 e. The van der Waals surface area contributed by atoms with Crippen LogP contribution in [0.5, 0.6) is 5.75 Å². The van der Waals surface area contributed by atoms with Crippen LogP contribution in [0.1, 0.15) is 5.56 Å². The molecule has 0 saturated carbocycles. The van der Waals surface area contributed by atoms with Crippen LogP contribution in [0, 0.1) is 0 Å². The van der Waals surface area contributed by atoms with Crippen LogP contribution in [0.2, 0.25) is 0 Å². The summed E-state index contributed by atoms with van der Waals surface area (Å²) in [5.74, 6) is -2.27. The van der Waals surface area contributed by atoms with Crippen LogP contribution in [0.3, 0.4) is 0 Å². The van der Waals surface area contributed by atoms with Crippen LogP contribution < -0.4 is 4.74 Å². The number of halogens is 5. The quantitative estimate of drug-likeness (QED) is 0.794. The summed E-state index contributed by atoms with van der Waals surface area (Å²) in [6.07, 6.45) is -8.91. The summed E-state index contributed by atoms with van der Waals surface area (Å²) in [5, 5.41) is 0. The summed E-state index contributed by atoms with van der Waals surface area (Å²) in [6.45, 7) is 1.09. The van der Waals surface area contributed by atoms with Gasteiger partial charge >= 0.3 is 18.2 Å². The lowest BCUT2D eigenvalue weighted by molar-refractivity contribution is -0.205. The second-order valence-electron chi connectivity index (χ2n) is 5.24. The molecule has 0 unspecified atom stereocenters. The number of ether oxygens (including phenoxy) is 1. The molecule has 4 nitrogen and oxygen atoms in total. The van der Waals surface area contributed by atoms with Crippen molar-refractivity contribution in [2.24, 2.45) is 0 Å². The number of likely N-dealkylation sites (N-methyl/N-ethyl adjacent to an activating group) is 1. The molecule has 1 aromatic carbocycles. The van der Waals surface area contributed by atoms with Gasteiger partial charge in [0.2, 0.25) is 0 Å². The zero-order valence-corrected chi connectivity index (χ0v) is 12.2. The zero-order chi connectivity index (χ0) is 17.3. The Balaban J connectivity index is 2.10. The van der Waals surface area contributed by atoms with E-state index in [2.05, 4.69) is 4.74 Å². The van der Waals surface area contributed by atoms with Gasteiger partial charge in [-0.3, -0.25) is 4.79 Å². The molecule has 9 heteroatoms. The molecule has 1 aliphatic heterocycles. The van der Waals surface area contributed by atoms with E-state index in [1.165, 1.54) is 0 Å². The summed E-state index contributed by atoms with van der Waals surface area (Å²) in [7, 11) is 1.79. The standard InChI is InChI=1S/C14H15F5N2O2/c1-20-5-7-21(8-6-20)12(22)14(18,19)23-11-4-2-3-10(9-11)13(15,16)17/h2-4,9H,5-8H2,1H3. The van der Waals surface area contributed by atoms with Crippen molar-refractivity contribution in [2.75, 3.05) is 33.2 Å². The second-order valence-corrected chi connectivity index (χ2v) is 5.24. The first-order valence-electron chi connectivity index (χ1n) is 6.81. The topological polar surface area (TPSA) is 32.8 Å². The maximum atomic E-state index is 13.9. The molecule has 0 aromatic heterocycles. The first-order valence-corrected chi connectivity index (χ1v) is 6.81. The van der Waals surface area contributed by atoms with Gasteiger partial charge in [-0.05, 0) is 25.2 Å². The monoisotopic (exact) mass is 338 g/mol. The van der Waals surface area contributed by atoms with Crippen molar-refractivity contribution in [1.82, 2.24) is 9.80 Å². The number of carbonyl (C=O) groups excluding carboxylic acids is 1. The molecule has 0 radical (unpaired) electrons. The number of alkyl halides is 5. The summed E-state index contributed by atoms with van der Waals surface area (Å²) >= 11 is 0. The van der Waals surface area contributed by atoms with E-state index in [0.717, 1.165) is 23.1 Å². The fraction of sp³-hybridized carbons (Fsp3) is 0.500. The first kappa shape index (κ1) is 17.5. The molecule has 0 atom stereocenters. The third kappa shape index (κ3) is 4.31. The fourth-order valence-electron chi connectivity index (χ4n) is 2.12. The number of piperazine rings is 1. The van der Waals surface area contributed by atoms with Gasteiger partial charge in [0.05, 0.1) is 5.56 Å². The van der Waals surface area contributed by atoms with Crippen LogP contribution in [0.4, 0.5) is 22.0 Å². The lowest BCUT2D eigenvalue weighted by Crippen LogP contribution is -2.54. The van der Waals surface area contributed by atoms with Crippen molar-refractivity contribution in [3.05, 3.63) is 29.8 Å². The molecule has 1 amide bonds. The minimum Gasteiger partial charge on any atom is -0.425 e. The number of hydrogen-bond donors (Lipinski definition) is 0. The van der Waals surface area contributed by atoms with Crippen LogP contribution in [0.25, 0.3) is 0 Å². The summed E-state index contributed by atoms with van der Waals surface area (Å²) in [5.41, 5.74) is -1.13. The highest BCUT2D eigenvalue weighted by Crippen LogP contribution is 2.33. The van der Waals surface area contributed by atoms with E-state index in [0.29, 0.717) is 19.2 Å². The van der Waals surface area contributed by atoms with Gasteiger partial charge in [-0.15, -0.1) is 0 Å². The van der Waals surface area contributed by atoms with Crippen molar-refractivity contribution in [1.29, 1.82) is 0 Å². The van der Waals surface area contributed by atoms with Gasteiger partial charge in [0.15, 0.2) is 0 Å². The molecule has 0 N–H and O–H groups in total. The molecular formula is C14H15F5N2O2. The third-order valence-corrected chi connectivity index (χ3v) is 3.45. The Labute approximate surface area is 129 Å². The number of nitrogens with zero attached hydrogens (tertiary/aromatic N) is 2. The van der Waals surface area contributed by atoms with Crippen LogP contribution >= 0.6 is 0 Å². The fourth-order valence-corrected chi connectivity index (χ4v) is 2.12. The van der Waals surface area contributed by atoms with Gasteiger partial charge in [0.1, 0.15) is 5.75 Å². The van der Waals surface area contributed by atoms with Gasteiger partial charge in [0.25, 0.3) is 0 Å². The van der Waals surface area contributed by atoms with Crippen LogP contribution in [0.15, 0.2) is 24.3 Å². The Hall–Kier alpha value is -1.90. The molecule has 2 rings (SSSR count). The molecule has 1 saturated heterocycles. The van der Waals surface area contributed by atoms with Gasteiger partial charge in [-0.2, -0.15) is 22.0 Å². The Kier molecular flexibility index (Phi) is 4.79. The predicted octanol–water partition coefficient (Wildman–Crippen LogP) is 2.45. The highest BCUT2D eigenvalue weighted by molar-refractivity contribution is 5.82. The van der Waals surface area contributed by atoms with E-state index in [1.807, 2.05) is 4.90 Å². The number of benzene rings is 1. The van der Waals surface area contributed by atoms with Crippen LogP contribution in [-0.4, -0.2) is 55.0 Å². The summed E-state index contributed by atoms with van der Waals surface area (Å²) in [6, 6.07) is 3.05. The van der Waals surface area contributed by atoms with Gasteiger partial charge in [-0.1, -0.05) is 6.07 Å². The van der Waals surface area contributed by atoms with Crippen molar-refractivity contribution in [3.63, 3.8) is 0 Å². The largest absolute Gasteiger partial charge is 0.482 e. The number of rotatable bonds is 3. The predicted molar refractivity (Wildman–Crippen MR) is 71.1 cm³/mol. The van der Waals surface area contributed by atoms with E-state index in [-0.39, 0.29) is 13.1 Å². The zero-order valence-electron chi connectivity index (χ0n) is 12.2. The smallest absolute Gasteiger partial charge is 0.425 e. The molecular weight excluding hydrogens is 323 g/mol. The molecule has 1 heterocycles. The molecule has 0 spiro atoms. The molecule has 128 valence electrons. The SMILES string of the molecule is CN1CCN(C(=O)C(F)(F)Oc2cccc(C(F)(F)F)c2)CC1. The summed E-state index contributed by atoms with van der Waals surface area (Å²) < 4.78 is 69.7. The molecule has 1 aliphatic rings. The normalized spacial score (nSPS) is 17.2. The average Bonchev–Trinajstić information content (AvgIpc) is 2.46. The van der Waals surface area contributed by atoms with Gasteiger partial charge in [-0.25, -0.2) is 0 Å². The average molecular weight is 338 g/mol. The molecule has 0 bridgehead atoms. The van der Waals surface area contributed by atoms with Gasteiger partial charge in [0, 0.05) is 26.2 Å². The third-order valence-electron chi connectivity index (χ3n) is 3.45. The van der Waals surface area contributed by atoms with E-state index < -0.39 is 29.5 Å². The second kappa shape index (κ2) is 6.31. The van der Waals surface area contributed by atoms with E-state index in [1.54, 1.807) is 7.05 Å². The number of carbonyl (C=O) groups is 1. The van der Waals surface area contributed by atoms with Gasteiger partial charge < -0.3 is 14.5 Å². The highest BCUT2D eigenvalue weighted by atomic mass is 19.4. The van der Waals surface area contributed by atoms with E-state index in [4.69, 9.17) is 0 Å². The van der Waals surface area contributed by atoms with Crippen molar-refractivity contribution in [3.8, 4) is 5.75 Å². The van der Waals surface area contributed by atoms with E-state index >= 15 is 0 Å². The Morgan fingerprint density at radius 2 is 1.70 bits per heavy atom. The van der Waals surface area contributed by atoms with Crippen molar-refractivity contribution >= 4 is 5.91 Å². The number of hydrogen-bond acceptors (Lipinski definition) is 3. The minimum absolute atomic E-state index is 0.108. The van der Waals surface area contributed by atoms with Crippen molar-refractivity contribution < 1.29 is 31.5 Å². The first-order chi connectivity index (χ1) is 10.6. The molecule has 0 aliphatic carbocycles. The van der Waals surface area contributed by atoms with Crippen LogP contribution in [-0.2, 0) is 11.0 Å². The lowest BCUT2D eigenvalue weighted by atomic mass is 10.2. The molecule has 1 fully saturated rings. The number of amides is 1. The molecule has 1 aromatic rings. The summed E-state index contributed by atoms with van der Waals surface area (Å²) in [4.78, 5) is 14.6. The Bertz CT molecular complexity index is 569. The lowest BCUT2D eigenvalue weighted by Gasteiger charge is -2.34. The highest BCUT2D eigenvalue weighted by Gasteiger charge is 2.46. The van der Waals surface area contributed by atoms with E-state index in [9.17, 15) is 26.7 Å². The molecule has 23 heavy (non-hydrogen) atoms. The Morgan fingerprint density at radius 1 is 1.09 bits per heavy atom. The minimum atomic E-state index is -4.68. The maximum absolute atomic E-state index is 13.9.